The number of hydrogen-bond donors (Lipinski definition) is 2. The Morgan fingerprint density at radius 1 is 1.45 bits per heavy atom. The monoisotopic (exact) mass is 317 g/mol. The highest BCUT2D eigenvalue weighted by molar-refractivity contribution is 7.17. The summed E-state index contributed by atoms with van der Waals surface area (Å²) in [7, 11) is 1.60. The van der Waals surface area contributed by atoms with Crippen molar-refractivity contribution in [2.24, 2.45) is 0 Å². The van der Waals surface area contributed by atoms with Crippen molar-refractivity contribution in [3.63, 3.8) is 0 Å². The maximum Gasteiger partial charge on any atom is 0.237 e. The van der Waals surface area contributed by atoms with Crippen LogP contribution in [0.25, 0.3) is 10.1 Å². The van der Waals surface area contributed by atoms with Gasteiger partial charge in [-0.3, -0.25) is 14.5 Å². The van der Waals surface area contributed by atoms with Crippen molar-refractivity contribution in [3.05, 3.63) is 35.2 Å². The molecule has 2 N–H and O–H groups in total. The van der Waals surface area contributed by atoms with Gasteiger partial charge < -0.3 is 10.6 Å². The van der Waals surface area contributed by atoms with Gasteiger partial charge in [-0.2, -0.15) is 0 Å². The molecule has 0 radical (unpaired) electrons. The van der Waals surface area contributed by atoms with Gasteiger partial charge in [0, 0.05) is 31.4 Å². The number of fused-ring (bicyclic) bond motifs is 1. The predicted octanol–water partition coefficient (Wildman–Crippen LogP) is 1.34. The van der Waals surface area contributed by atoms with E-state index in [1.54, 1.807) is 18.4 Å². The minimum absolute atomic E-state index is 0.0608. The van der Waals surface area contributed by atoms with E-state index in [2.05, 4.69) is 33.0 Å². The Kier molecular flexibility index (Phi) is 4.40. The van der Waals surface area contributed by atoms with Crippen LogP contribution >= 0.6 is 11.3 Å². The second-order valence-corrected chi connectivity index (χ2v) is 6.32. The number of nitrogens with zero attached hydrogens (tertiary/aromatic N) is 1. The maximum atomic E-state index is 12.1. The summed E-state index contributed by atoms with van der Waals surface area (Å²) in [4.78, 5) is 25.9. The fourth-order valence-corrected chi connectivity index (χ4v) is 3.78. The maximum absolute atomic E-state index is 12.1. The van der Waals surface area contributed by atoms with Crippen molar-refractivity contribution >= 4 is 33.2 Å². The van der Waals surface area contributed by atoms with Crippen LogP contribution in [0.2, 0.25) is 0 Å². The minimum Gasteiger partial charge on any atom is -0.359 e. The summed E-state index contributed by atoms with van der Waals surface area (Å²) in [5, 5.41) is 8.83. The van der Waals surface area contributed by atoms with Crippen LogP contribution in [0.4, 0.5) is 0 Å². The van der Waals surface area contributed by atoms with E-state index in [4.69, 9.17) is 0 Å². The zero-order chi connectivity index (χ0) is 15.5. The summed E-state index contributed by atoms with van der Waals surface area (Å²) >= 11 is 1.72. The lowest BCUT2D eigenvalue weighted by molar-refractivity contribution is -0.134. The number of nitrogens with one attached hydrogen (secondary N) is 2. The zero-order valence-corrected chi connectivity index (χ0v) is 13.3. The first-order chi connectivity index (χ1) is 10.7. The molecule has 0 spiro atoms. The van der Waals surface area contributed by atoms with E-state index in [0.717, 1.165) is 6.54 Å². The van der Waals surface area contributed by atoms with Crippen LogP contribution in [0.1, 0.15) is 12.0 Å². The average molecular weight is 317 g/mol. The molecular formula is C16H19N3O2S. The number of thiophene rings is 1. The highest BCUT2D eigenvalue weighted by Crippen LogP contribution is 2.27. The smallest absolute Gasteiger partial charge is 0.237 e. The van der Waals surface area contributed by atoms with Crippen molar-refractivity contribution in [1.82, 2.24) is 15.5 Å². The molecule has 2 aromatic rings. The van der Waals surface area contributed by atoms with Crippen LogP contribution < -0.4 is 10.6 Å². The van der Waals surface area contributed by atoms with Crippen molar-refractivity contribution in [3.8, 4) is 0 Å². The summed E-state index contributed by atoms with van der Waals surface area (Å²) in [6, 6.07) is 7.88. The lowest BCUT2D eigenvalue weighted by atomic mass is 10.1. The number of rotatable bonds is 4. The molecule has 0 aliphatic carbocycles. The van der Waals surface area contributed by atoms with E-state index in [1.807, 2.05) is 12.1 Å². The van der Waals surface area contributed by atoms with Crippen molar-refractivity contribution in [2.75, 3.05) is 20.1 Å². The molecule has 3 rings (SSSR count). The van der Waals surface area contributed by atoms with Crippen LogP contribution in [0.15, 0.2) is 29.6 Å². The topological polar surface area (TPSA) is 61.4 Å². The van der Waals surface area contributed by atoms with E-state index in [9.17, 15) is 9.59 Å². The van der Waals surface area contributed by atoms with Gasteiger partial charge >= 0.3 is 0 Å². The molecule has 1 fully saturated rings. The van der Waals surface area contributed by atoms with Gasteiger partial charge in [0.05, 0.1) is 12.5 Å². The van der Waals surface area contributed by atoms with E-state index >= 15 is 0 Å². The third-order valence-corrected chi connectivity index (χ3v) is 5.05. The first kappa shape index (κ1) is 15.0. The molecule has 1 atom stereocenters. The van der Waals surface area contributed by atoms with Gasteiger partial charge in [0.15, 0.2) is 0 Å². The van der Waals surface area contributed by atoms with Gasteiger partial charge in [-0.25, -0.2) is 0 Å². The lowest BCUT2D eigenvalue weighted by Gasteiger charge is -2.34. The SMILES string of the molecule is CNC(=O)C[C@H]1C(=O)NCCN1Cc1csc2ccccc12. The molecule has 1 saturated heterocycles. The predicted molar refractivity (Wildman–Crippen MR) is 87.7 cm³/mol. The Morgan fingerprint density at radius 3 is 3.09 bits per heavy atom. The number of benzene rings is 1. The molecule has 2 heterocycles. The molecule has 2 amide bonds. The molecule has 1 aliphatic rings. The zero-order valence-electron chi connectivity index (χ0n) is 12.5. The van der Waals surface area contributed by atoms with E-state index < -0.39 is 6.04 Å². The van der Waals surface area contributed by atoms with Gasteiger partial charge in [-0.15, -0.1) is 11.3 Å². The van der Waals surface area contributed by atoms with Crippen molar-refractivity contribution in [2.45, 2.75) is 19.0 Å². The normalized spacial score (nSPS) is 19.1. The third kappa shape index (κ3) is 2.98. The lowest BCUT2D eigenvalue weighted by Crippen LogP contribution is -2.55. The molecule has 5 nitrogen and oxygen atoms in total. The first-order valence-electron chi connectivity index (χ1n) is 7.36. The molecule has 116 valence electrons. The molecular weight excluding hydrogens is 298 g/mol. The molecule has 0 saturated carbocycles. The summed E-state index contributed by atoms with van der Waals surface area (Å²) in [6.45, 7) is 2.09. The largest absolute Gasteiger partial charge is 0.359 e. The second-order valence-electron chi connectivity index (χ2n) is 5.41. The van der Waals surface area contributed by atoms with Gasteiger partial charge in [-0.1, -0.05) is 18.2 Å². The average Bonchev–Trinajstić information content (AvgIpc) is 2.94. The van der Waals surface area contributed by atoms with Crippen LogP contribution in [0, 0.1) is 0 Å². The Hall–Kier alpha value is -1.92. The van der Waals surface area contributed by atoms with Crippen LogP contribution in [0.5, 0.6) is 0 Å². The highest BCUT2D eigenvalue weighted by Gasteiger charge is 2.31. The Labute approximate surface area is 133 Å². The van der Waals surface area contributed by atoms with Gasteiger partial charge in [0.25, 0.3) is 0 Å². The van der Waals surface area contributed by atoms with E-state index in [0.29, 0.717) is 13.1 Å². The fraction of sp³-hybridized carbons (Fsp3) is 0.375. The molecule has 1 aliphatic heterocycles. The quantitative estimate of drug-likeness (QED) is 0.894. The fourth-order valence-electron chi connectivity index (χ4n) is 2.82. The van der Waals surface area contributed by atoms with Crippen LogP contribution in [0.3, 0.4) is 0 Å². The number of amides is 2. The van der Waals surface area contributed by atoms with Gasteiger partial charge in [-0.05, 0) is 22.4 Å². The number of piperazine rings is 1. The number of hydrogen-bond acceptors (Lipinski definition) is 4. The highest BCUT2D eigenvalue weighted by atomic mass is 32.1. The summed E-state index contributed by atoms with van der Waals surface area (Å²) in [6.07, 6.45) is 0.199. The first-order valence-corrected chi connectivity index (χ1v) is 8.24. The molecule has 6 heteroatoms. The standard InChI is InChI=1S/C16H19N3O2S/c1-17-15(20)8-13-16(21)18-6-7-19(13)9-11-10-22-14-5-3-2-4-12(11)14/h2-5,10,13H,6-9H2,1H3,(H,17,20)(H,18,21)/t13-/m0/s1. The van der Waals surface area contributed by atoms with Gasteiger partial charge in [0.1, 0.15) is 0 Å². The molecule has 0 unspecified atom stereocenters. The summed E-state index contributed by atoms with van der Waals surface area (Å²) in [5.41, 5.74) is 1.22. The van der Waals surface area contributed by atoms with Gasteiger partial charge in [0.2, 0.25) is 11.8 Å². The van der Waals surface area contributed by atoms with Crippen molar-refractivity contribution in [1.29, 1.82) is 0 Å². The Bertz CT molecular complexity index is 698. The van der Waals surface area contributed by atoms with Crippen LogP contribution in [-0.4, -0.2) is 42.9 Å². The number of carbonyl (C=O) groups excluding carboxylic acids is 2. The molecule has 1 aromatic heterocycles. The molecule has 0 bridgehead atoms. The van der Waals surface area contributed by atoms with E-state index in [-0.39, 0.29) is 18.2 Å². The Balaban J connectivity index is 1.82. The minimum atomic E-state index is -0.396. The van der Waals surface area contributed by atoms with Crippen molar-refractivity contribution < 1.29 is 9.59 Å². The second kappa shape index (κ2) is 6.46. The van der Waals surface area contributed by atoms with E-state index in [1.165, 1.54) is 15.6 Å². The Morgan fingerprint density at radius 2 is 2.27 bits per heavy atom. The summed E-state index contributed by atoms with van der Waals surface area (Å²) in [5.74, 6) is -0.170. The summed E-state index contributed by atoms with van der Waals surface area (Å²) < 4.78 is 1.25. The molecule has 1 aromatic carbocycles. The number of carbonyl (C=O) groups is 2. The third-order valence-electron chi connectivity index (χ3n) is 4.03. The van der Waals surface area contributed by atoms with Crippen LogP contribution in [-0.2, 0) is 16.1 Å². The molecule has 22 heavy (non-hydrogen) atoms.